The number of hydrogen-bond donors (Lipinski definition) is 1. The number of nitrogens with zero attached hydrogens (tertiary/aromatic N) is 3. The van der Waals surface area contributed by atoms with Crippen LogP contribution < -0.4 is 5.73 Å². The number of hydrogen-bond acceptors (Lipinski definition) is 3. The van der Waals surface area contributed by atoms with Crippen LogP contribution in [0.15, 0.2) is 12.4 Å². The topological polar surface area (TPSA) is 47.1 Å². The van der Waals surface area contributed by atoms with Crippen molar-refractivity contribution in [2.75, 3.05) is 20.1 Å². The van der Waals surface area contributed by atoms with Crippen LogP contribution in [0.3, 0.4) is 0 Å². The van der Waals surface area contributed by atoms with Crippen LogP contribution >= 0.6 is 0 Å². The van der Waals surface area contributed by atoms with Crippen LogP contribution in [0.2, 0.25) is 0 Å². The molecule has 0 aliphatic rings. The molecule has 4 nitrogen and oxygen atoms in total. The van der Waals surface area contributed by atoms with Crippen molar-refractivity contribution in [2.24, 2.45) is 18.7 Å². The van der Waals surface area contributed by atoms with E-state index >= 15 is 0 Å². The van der Waals surface area contributed by atoms with Gasteiger partial charge in [-0.1, -0.05) is 13.8 Å². The number of aryl methyl sites for hydroxylation is 1. The molecule has 0 saturated heterocycles. The van der Waals surface area contributed by atoms with Crippen molar-refractivity contribution in [1.82, 2.24) is 14.7 Å². The maximum Gasteiger partial charge on any atom is 0.0538 e. The van der Waals surface area contributed by atoms with E-state index in [-0.39, 0.29) is 6.04 Å². The second kappa shape index (κ2) is 6.01. The van der Waals surface area contributed by atoms with Crippen molar-refractivity contribution < 1.29 is 0 Å². The summed E-state index contributed by atoms with van der Waals surface area (Å²) in [5, 5.41) is 4.20. The molecule has 1 heterocycles. The van der Waals surface area contributed by atoms with Gasteiger partial charge in [-0.3, -0.25) is 9.58 Å². The zero-order chi connectivity index (χ0) is 12.1. The normalized spacial score (nSPS) is 13.7. The van der Waals surface area contributed by atoms with E-state index in [0.717, 1.165) is 12.5 Å². The zero-order valence-corrected chi connectivity index (χ0v) is 10.8. The predicted octanol–water partition coefficient (Wildman–Crippen LogP) is 1.40. The Morgan fingerprint density at radius 1 is 1.50 bits per heavy atom. The molecule has 1 aromatic rings. The summed E-state index contributed by atoms with van der Waals surface area (Å²) in [7, 11) is 4.07. The highest BCUT2D eigenvalue weighted by molar-refractivity contribution is 5.10. The Morgan fingerprint density at radius 3 is 2.62 bits per heavy atom. The minimum Gasteiger partial charge on any atom is -0.329 e. The van der Waals surface area contributed by atoms with E-state index in [4.69, 9.17) is 5.73 Å². The van der Waals surface area contributed by atoms with E-state index in [9.17, 15) is 0 Å². The predicted molar refractivity (Wildman–Crippen MR) is 67.1 cm³/mol. The van der Waals surface area contributed by atoms with Crippen LogP contribution in [0.1, 0.15) is 31.9 Å². The van der Waals surface area contributed by atoms with Gasteiger partial charge in [0.05, 0.1) is 6.20 Å². The van der Waals surface area contributed by atoms with Gasteiger partial charge in [0.1, 0.15) is 0 Å². The highest BCUT2D eigenvalue weighted by Crippen LogP contribution is 2.18. The fourth-order valence-electron chi connectivity index (χ4n) is 1.80. The SMILES string of the molecule is CC(C)CCN(C)C(CN)c1cnn(C)c1. The Bertz CT molecular complexity index is 306. The van der Waals surface area contributed by atoms with E-state index in [1.54, 1.807) is 0 Å². The fourth-order valence-corrected chi connectivity index (χ4v) is 1.80. The monoisotopic (exact) mass is 224 g/mol. The number of rotatable bonds is 6. The van der Waals surface area contributed by atoms with Gasteiger partial charge >= 0.3 is 0 Å². The molecule has 0 aliphatic heterocycles. The number of nitrogens with two attached hydrogens (primary N) is 1. The number of likely N-dealkylation sites (N-methyl/N-ethyl adjacent to an activating group) is 1. The minimum absolute atomic E-state index is 0.285. The summed E-state index contributed by atoms with van der Waals surface area (Å²) in [5.74, 6) is 0.731. The molecule has 0 saturated carbocycles. The van der Waals surface area contributed by atoms with Crippen LogP contribution in [0.4, 0.5) is 0 Å². The zero-order valence-electron chi connectivity index (χ0n) is 10.8. The Kier molecular flexibility index (Phi) is 4.96. The van der Waals surface area contributed by atoms with E-state index in [1.165, 1.54) is 12.0 Å². The minimum atomic E-state index is 0.285. The van der Waals surface area contributed by atoms with Gasteiger partial charge in [0, 0.05) is 31.4 Å². The van der Waals surface area contributed by atoms with Gasteiger partial charge in [0.15, 0.2) is 0 Å². The maximum atomic E-state index is 5.84. The lowest BCUT2D eigenvalue weighted by molar-refractivity contribution is 0.236. The Hall–Kier alpha value is -0.870. The standard InChI is InChI=1S/C12H24N4/c1-10(2)5-6-15(3)12(7-13)11-8-14-16(4)9-11/h8-10,12H,5-7,13H2,1-4H3. The summed E-state index contributed by atoms with van der Waals surface area (Å²) < 4.78 is 1.83. The van der Waals surface area contributed by atoms with Gasteiger partial charge in [-0.2, -0.15) is 5.10 Å². The van der Waals surface area contributed by atoms with Crippen molar-refractivity contribution >= 4 is 0 Å². The Morgan fingerprint density at radius 2 is 2.19 bits per heavy atom. The molecule has 0 amide bonds. The van der Waals surface area contributed by atoms with Gasteiger partial charge < -0.3 is 5.73 Å². The molecule has 92 valence electrons. The van der Waals surface area contributed by atoms with Crippen LogP contribution in [-0.2, 0) is 7.05 Å². The molecule has 0 aromatic carbocycles. The summed E-state index contributed by atoms with van der Waals surface area (Å²) in [6, 6.07) is 0.285. The first-order valence-corrected chi connectivity index (χ1v) is 5.93. The molecule has 1 rings (SSSR count). The van der Waals surface area contributed by atoms with Crippen molar-refractivity contribution in [3.05, 3.63) is 18.0 Å². The van der Waals surface area contributed by atoms with Gasteiger partial charge in [0.2, 0.25) is 0 Å². The van der Waals surface area contributed by atoms with Crippen molar-refractivity contribution in [3.63, 3.8) is 0 Å². The molecule has 1 unspecified atom stereocenters. The van der Waals surface area contributed by atoms with Gasteiger partial charge in [-0.05, 0) is 25.9 Å². The van der Waals surface area contributed by atoms with E-state index in [1.807, 2.05) is 24.1 Å². The van der Waals surface area contributed by atoms with E-state index in [2.05, 4.69) is 30.9 Å². The lowest BCUT2D eigenvalue weighted by atomic mass is 10.1. The summed E-state index contributed by atoms with van der Waals surface area (Å²) in [4.78, 5) is 2.32. The molecule has 2 N–H and O–H groups in total. The molecule has 0 fully saturated rings. The van der Waals surface area contributed by atoms with Gasteiger partial charge in [-0.15, -0.1) is 0 Å². The quantitative estimate of drug-likeness (QED) is 0.794. The van der Waals surface area contributed by atoms with Crippen molar-refractivity contribution in [2.45, 2.75) is 26.3 Å². The highest BCUT2D eigenvalue weighted by atomic mass is 15.2. The molecule has 0 aliphatic carbocycles. The molecule has 1 aromatic heterocycles. The lowest BCUT2D eigenvalue weighted by Gasteiger charge is -2.26. The van der Waals surface area contributed by atoms with Gasteiger partial charge in [-0.25, -0.2) is 0 Å². The molecule has 1 atom stereocenters. The lowest BCUT2D eigenvalue weighted by Crippen LogP contribution is -2.31. The third-order valence-electron chi connectivity index (χ3n) is 2.92. The van der Waals surface area contributed by atoms with Crippen molar-refractivity contribution in [3.8, 4) is 0 Å². The molecular weight excluding hydrogens is 200 g/mol. The molecule has 0 radical (unpaired) electrons. The Labute approximate surface area is 98.4 Å². The third-order valence-corrected chi connectivity index (χ3v) is 2.92. The smallest absolute Gasteiger partial charge is 0.0538 e. The summed E-state index contributed by atoms with van der Waals surface area (Å²) in [6.07, 6.45) is 5.15. The van der Waals surface area contributed by atoms with Crippen LogP contribution in [-0.4, -0.2) is 34.8 Å². The summed E-state index contributed by atoms with van der Waals surface area (Å²) in [6.45, 7) is 6.21. The molecular formula is C12H24N4. The first-order chi connectivity index (χ1) is 7.54. The number of aromatic nitrogens is 2. The maximum absolute atomic E-state index is 5.84. The second-order valence-corrected chi connectivity index (χ2v) is 4.86. The van der Waals surface area contributed by atoms with E-state index in [0.29, 0.717) is 6.54 Å². The second-order valence-electron chi connectivity index (χ2n) is 4.86. The van der Waals surface area contributed by atoms with Crippen molar-refractivity contribution in [1.29, 1.82) is 0 Å². The first-order valence-electron chi connectivity index (χ1n) is 5.93. The molecule has 0 spiro atoms. The van der Waals surface area contributed by atoms with E-state index < -0.39 is 0 Å². The molecule has 4 heteroatoms. The third kappa shape index (κ3) is 3.61. The average molecular weight is 224 g/mol. The summed E-state index contributed by atoms with van der Waals surface area (Å²) >= 11 is 0. The molecule has 16 heavy (non-hydrogen) atoms. The van der Waals surface area contributed by atoms with Gasteiger partial charge in [0.25, 0.3) is 0 Å². The van der Waals surface area contributed by atoms with Crippen LogP contribution in [0.5, 0.6) is 0 Å². The van der Waals surface area contributed by atoms with Crippen LogP contribution in [0.25, 0.3) is 0 Å². The Balaban J connectivity index is 2.59. The molecule has 0 bridgehead atoms. The summed E-state index contributed by atoms with van der Waals surface area (Å²) in [5.41, 5.74) is 7.05. The highest BCUT2D eigenvalue weighted by Gasteiger charge is 2.16. The fraction of sp³-hybridized carbons (Fsp3) is 0.750. The van der Waals surface area contributed by atoms with Crippen LogP contribution in [0, 0.1) is 5.92 Å². The first kappa shape index (κ1) is 13.2. The average Bonchev–Trinajstić information content (AvgIpc) is 2.63. The largest absolute Gasteiger partial charge is 0.329 e.